The molecule has 0 fully saturated rings. The van der Waals surface area contributed by atoms with Crippen LogP contribution in [0.4, 0.5) is 4.79 Å². The number of nitrogens with one attached hydrogen (secondary N) is 2. The molecular weight excluding hydrogens is 438 g/mol. The maximum Gasteiger partial charge on any atom is 0.321 e. The number of thioether (sulfide) groups is 1. The van der Waals surface area contributed by atoms with Crippen LogP contribution < -0.4 is 15.4 Å². The fourth-order valence-electron chi connectivity index (χ4n) is 2.77. The van der Waals surface area contributed by atoms with Gasteiger partial charge >= 0.3 is 6.03 Å². The summed E-state index contributed by atoms with van der Waals surface area (Å²) >= 11 is 7.56. The molecular formula is C21H22ClN5O3S. The lowest BCUT2D eigenvalue weighted by Crippen LogP contribution is -2.40. The lowest BCUT2D eigenvalue weighted by molar-refractivity contribution is -0.117. The van der Waals surface area contributed by atoms with E-state index in [-0.39, 0.29) is 5.75 Å². The molecule has 0 aliphatic carbocycles. The number of urea groups is 1. The summed E-state index contributed by atoms with van der Waals surface area (Å²) in [5.41, 5.74) is 1.50. The van der Waals surface area contributed by atoms with Gasteiger partial charge in [0.2, 0.25) is 5.91 Å². The zero-order chi connectivity index (χ0) is 22.2. The second kappa shape index (κ2) is 10.8. The molecule has 0 aliphatic heterocycles. The quantitative estimate of drug-likeness (QED) is 0.495. The SMILES string of the molecule is CCNC(=O)NC(=O)CSc1nnc(-c2ccccc2Cl)n1-c1ccc(OCC)cc1. The van der Waals surface area contributed by atoms with Gasteiger partial charge < -0.3 is 10.1 Å². The van der Waals surface area contributed by atoms with Gasteiger partial charge in [0.05, 0.1) is 17.4 Å². The lowest BCUT2D eigenvalue weighted by atomic mass is 10.2. The Morgan fingerprint density at radius 1 is 1.10 bits per heavy atom. The van der Waals surface area contributed by atoms with Crippen LogP contribution in [0.2, 0.25) is 5.02 Å². The van der Waals surface area contributed by atoms with Crippen molar-refractivity contribution < 1.29 is 14.3 Å². The van der Waals surface area contributed by atoms with Gasteiger partial charge in [-0.1, -0.05) is 35.5 Å². The Morgan fingerprint density at radius 2 is 1.84 bits per heavy atom. The number of hydrogen-bond acceptors (Lipinski definition) is 6. The lowest BCUT2D eigenvalue weighted by Gasteiger charge is -2.12. The highest BCUT2D eigenvalue weighted by molar-refractivity contribution is 7.99. The van der Waals surface area contributed by atoms with Crippen LogP contribution in [0.15, 0.2) is 53.7 Å². The molecule has 3 amide bonds. The average molecular weight is 460 g/mol. The predicted molar refractivity (Wildman–Crippen MR) is 121 cm³/mol. The zero-order valence-electron chi connectivity index (χ0n) is 17.1. The number of hydrogen-bond donors (Lipinski definition) is 2. The summed E-state index contributed by atoms with van der Waals surface area (Å²) < 4.78 is 7.34. The van der Waals surface area contributed by atoms with Gasteiger partial charge in [-0.2, -0.15) is 0 Å². The van der Waals surface area contributed by atoms with Gasteiger partial charge in [-0.05, 0) is 50.2 Å². The van der Waals surface area contributed by atoms with E-state index in [2.05, 4.69) is 20.8 Å². The number of amides is 3. The van der Waals surface area contributed by atoms with Gasteiger partial charge in [-0.15, -0.1) is 10.2 Å². The summed E-state index contributed by atoms with van der Waals surface area (Å²) in [6, 6.07) is 14.3. The van der Waals surface area contributed by atoms with Crippen LogP contribution >= 0.6 is 23.4 Å². The van der Waals surface area contributed by atoms with Gasteiger partial charge in [0.25, 0.3) is 0 Å². The van der Waals surface area contributed by atoms with E-state index in [0.717, 1.165) is 11.4 Å². The Morgan fingerprint density at radius 3 is 2.52 bits per heavy atom. The minimum atomic E-state index is -0.530. The van der Waals surface area contributed by atoms with Crippen molar-refractivity contribution >= 4 is 35.3 Å². The Labute approximate surface area is 189 Å². The molecule has 0 bridgehead atoms. The fourth-order valence-corrected chi connectivity index (χ4v) is 3.74. The molecule has 0 atom stereocenters. The van der Waals surface area contributed by atoms with Gasteiger partial charge in [0, 0.05) is 17.8 Å². The molecule has 31 heavy (non-hydrogen) atoms. The van der Waals surface area contributed by atoms with Crippen LogP contribution in [0.1, 0.15) is 13.8 Å². The van der Waals surface area contributed by atoms with Crippen molar-refractivity contribution in [2.75, 3.05) is 18.9 Å². The number of imide groups is 1. The van der Waals surface area contributed by atoms with Crippen LogP contribution in [0.3, 0.4) is 0 Å². The van der Waals surface area contributed by atoms with E-state index in [1.54, 1.807) is 13.0 Å². The molecule has 2 N–H and O–H groups in total. The third kappa shape index (κ3) is 5.77. The summed E-state index contributed by atoms with van der Waals surface area (Å²) in [5.74, 6) is 0.849. The minimum Gasteiger partial charge on any atom is -0.494 e. The van der Waals surface area contributed by atoms with E-state index in [9.17, 15) is 9.59 Å². The zero-order valence-corrected chi connectivity index (χ0v) is 18.7. The molecule has 2 aromatic carbocycles. The molecule has 0 saturated carbocycles. The molecule has 3 aromatic rings. The van der Waals surface area contributed by atoms with Crippen LogP contribution in [0.5, 0.6) is 5.75 Å². The third-order valence-electron chi connectivity index (χ3n) is 4.08. The smallest absolute Gasteiger partial charge is 0.321 e. The first-order valence-corrected chi connectivity index (χ1v) is 11.0. The second-order valence-electron chi connectivity index (χ2n) is 6.24. The largest absolute Gasteiger partial charge is 0.494 e. The summed E-state index contributed by atoms with van der Waals surface area (Å²) in [7, 11) is 0. The predicted octanol–water partition coefficient (Wildman–Crippen LogP) is 3.92. The molecule has 0 spiro atoms. The minimum absolute atomic E-state index is 0.00514. The molecule has 1 aromatic heterocycles. The number of aromatic nitrogens is 3. The second-order valence-corrected chi connectivity index (χ2v) is 7.59. The molecule has 162 valence electrons. The molecule has 1 heterocycles. The topological polar surface area (TPSA) is 98.1 Å². The van der Waals surface area contributed by atoms with E-state index < -0.39 is 11.9 Å². The highest BCUT2D eigenvalue weighted by atomic mass is 35.5. The highest BCUT2D eigenvalue weighted by Gasteiger charge is 2.19. The van der Waals surface area contributed by atoms with Gasteiger partial charge in [0.15, 0.2) is 11.0 Å². The molecule has 3 rings (SSSR count). The van der Waals surface area contributed by atoms with Crippen molar-refractivity contribution in [1.29, 1.82) is 0 Å². The number of carbonyl (C=O) groups is 2. The Kier molecular flexibility index (Phi) is 7.91. The van der Waals surface area contributed by atoms with Gasteiger partial charge in [-0.25, -0.2) is 4.79 Å². The first-order chi connectivity index (χ1) is 15.0. The number of carbonyl (C=O) groups excluding carboxylic acids is 2. The Hall–Kier alpha value is -3.04. The normalized spacial score (nSPS) is 10.5. The monoisotopic (exact) mass is 459 g/mol. The van der Waals surface area contributed by atoms with Crippen molar-refractivity contribution in [3.63, 3.8) is 0 Å². The summed E-state index contributed by atoms with van der Waals surface area (Å²) in [5, 5.41) is 14.4. The fraction of sp³-hybridized carbons (Fsp3) is 0.238. The van der Waals surface area contributed by atoms with Gasteiger partial charge in [-0.3, -0.25) is 14.7 Å². The molecule has 0 aliphatic rings. The number of halogens is 1. The van der Waals surface area contributed by atoms with E-state index in [4.69, 9.17) is 16.3 Å². The number of benzene rings is 2. The van der Waals surface area contributed by atoms with Crippen molar-refractivity contribution in [1.82, 2.24) is 25.4 Å². The first kappa shape index (κ1) is 22.6. The Balaban J connectivity index is 1.91. The average Bonchev–Trinajstić information content (AvgIpc) is 3.17. The number of nitrogens with zero attached hydrogens (tertiary/aromatic N) is 3. The van der Waals surface area contributed by atoms with Crippen LogP contribution in [0.25, 0.3) is 17.1 Å². The summed E-state index contributed by atoms with van der Waals surface area (Å²) in [6.07, 6.45) is 0. The van der Waals surface area contributed by atoms with Crippen molar-refractivity contribution in [3.05, 3.63) is 53.6 Å². The molecule has 0 radical (unpaired) electrons. The molecule has 8 nitrogen and oxygen atoms in total. The van der Waals surface area contributed by atoms with Crippen LogP contribution in [-0.2, 0) is 4.79 Å². The summed E-state index contributed by atoms with van der Waals surface area (Å²) in [4.78, 5) is 23.7. The maximum absolute atomic E-state index is 12.1. The van der Waals surface area contributed by atoms with Crippen LogP contribution in [0, 0.1) is 0 Å². The van der Waals surface area contributed by atoms with E-state index in [1.807, 2.05) is 54.0 Å². The van der Waals surface area contributed by atoms with E-state index >= 15 is 0 Å². The van der Waals surface area contributed by atoms with Crippen molar-refractivity contribution in [2.45, 2.75) is 19.0 Å². The van der Waals surface area contributed by atoms with Crippen molar-refractivity contribution in [2.24, 2.45) is 0 Å². The van der Waals surface area contributed by atoms with E-state index in [0.29, 0.717) is 34.7 Å². The molecule has 10 heteroatoms. The standard InChI is InChI=1S/C21H22ClN5O3S/c1-3-23-20(29)24-18(28)13-31-21-26-25-19(16-7-5-6-8-17(16)22)27(21)14-9-11-15(12-10-14)30-4-2/h5-12H,3-4,13H2,1-2H3,(H2,23,24,28,29). The molecule has 0 saturated heterocycles. The van der Waals surface area contributed by atoms with Crippen molar-refractivity contribution in [3.8, 4) is 22.8 Å². The van der Waals surface area contributed by atoms with Crippen LogP contribution in [-0.4, -0.2) is 45.6 Å². The number of rotatable bonds is 8. The number of ether oxygens (including phenoxy) is 1. The maximum atomic E-state index is 12.1. The third-order valence-corrected chi connectivity index (χ3v) is 5.34. The Bertz CT molecular complexity index is 1060. The highest BCUT2D eigenvalue weighted by Crippen LogP contribution is 2.32. The molecule has 0 unspecified atom stereocenters. The summed E-state index contributed by atoms with van der Waals surface area (Å²) in [6.45, 7) is 4.69. The van der Waals surface area contributed by atoms with E-state index in [1.165, 1.54) is 11.8 Å². The first-order valence-electron chi connectivity index (χ1n) is 9.67. The van der Waals surface area contributed by atoms with Gasteiger partial charge in [0.1, 0.15) is 5.75 Å².